The lowest BCUT2D eigenvalue weighted by Gasteiger charge is -2.26. The fourth-order valence-electron chi connectivity index (χ4n) is 2.65. The first-order chi connectivity index (χ1) is 12.0. The van der Waals surface area contributed by atoms with E-state index in [0.29, 0.717) is 38.4 Å². The van der Waals surface area contributed by atoms with Gasteiger partial charge >= 0.3 is 0 Å². The van der Waals surface area contributed by atoms with Crippen LogP contribution in [0.15, 0.2) is 46.7 Å². The summed E-state index contributed by atoms with van der Waals surface area (Å²) in [5, 5.41) is 1.96. The maximum Gasteiger partial charge on any atom is 0.253 e. The number of hydrogen-bond acceptors (Lipinski definition) is 5. The van der Waals surface area contributed by atoms with Gasteiger partial charge in [-0.05, 0) is 29.6 Å². The molecule has 2 heterocycles. The molecule has 3 rings (SSSR count). The van der Waals surface area contributed by atoms with Crippen LogP contribution in [0.1, 0.15) is 15.2 Å². The summed E-state index contributed by atoms with van der Waals surface area (Å²) < 4.78 is 32.1. The molecule has 8 heteroatoms. The van der Waals surface area contributed by atoms with Crippen molar-refractivity contribution in [3.63, 3.8) is 0 Å². The van der Waals surface area contributed by atoms with Gasteiger partial charge in [0.25, 0.3) is 5.91 Å². The van der Waals surface area contributed by atoms with Crippen LogP contribution in [0.4, 0.5) is 0 Å². The lowest BCUT2D eigenvalue weighted by atomic mass is 10.2. The number of ether oxygens (including phenoxy) is 1. The third-order valence-electron chi connectivity index (χ3n) is 4.01. The zero-order valence-corrected chi connectivity index (χ0v) is 15.6. The number of hydrogen-bond donors (Lipinski definition) is 0. The van der Waals surface area contributed by atoms with Gasteiger partial charge in [0.15, 0.2) is 0 Å². The first-order valence-electron chi connectivity index (χ1n) is 7.94. The quantitative estimate of drug-likeness (QED) is 0.796. The molecule has 1 aliphatic rings. The van der Waals surface area contributed by atoms with E-state index in [1.807, 2.05) is 17.5 Å². The zero-order chi connectivity index (χ0) is 17.9. The van der Waals surface area contributed by atoms with Crippen LogP contribution in [-0.4, -0.2) is 56.9 Å². The number of nitrogens with zero attached hydrogens (tertiary/aromatic N) is 2. The first-order valence-corrected chi connectivity index (χ1v) is 10.3. The van der Waals surface area contributed by atoms with Crippen LogP contribution in [0.3, 0.4) is 0 Å². The molecule has 0 N–H and O–H groups in total. The lowest BCUT2D eigenvalue weighted by Crippen LogP contribution is -2.40. The Morgan fingerprint density at radius 3 is 2.68 bits per heavy atom. The van der Waals surface area contributed by atoms with E-state index in [2.05, 4.69) is 0 Å². The highest BCUT2D eigenvalue weighted by Crippen LogP contribution is 2.20. The summed E-state index contributed by atoms with van der Waals surface area (Å²) >= 11 is 1.58. The summed E-state index contributed by atoms with van der Waals surface area (Å²) in [7, 11) is -1.90. The normalized spacial score (nSPS) is 15.9. The molecule has 1 aliphatic heterocycles. The molecule has 134 valence electrons. The Hall–Kier alpha value is -1.74. The topological polar surface area (TPSA) is 66.9 Å². The summed E-state index contributed by atoms with van der Waals surface area (Å²) in [5.41, 5.74) is 0.369. The molecule has 2 aromatic rings. The van der Waals surface area contributed by atoms with Gasteiger partial charge in [-0.15, -0.1) is 11.3 Å². The van der Waals surface area contributed by atoms with E-state index in [1.165, 1.54) is 16.4 Å². The van der Waals surface area contributed by atoms with Gasteiger partial charge in [-0.3, -0.25) is 4.79 Å². The third-order valence-corrected chi connectivity index (χ3v) is 6.76. The van der Waals surface area contributed by atoms with Crippen LogP contribution >= 0.6 is 11.3 Å². The van der Waals surface area contributed by atoms with Gasteiger partial charge in [-0.1, -0.05) is 12.1 Å². The zero-order valence-electron chi connectivity index (χ0n) is 13.9. The highest BCUT2D eigenvalue weighted by Gasteiger charge is 2.27. The minimum atomic E-state index is -3.61. The van der Waals surface area contributed by atoms with Gasteiger partial charge in [0.05, 0.1) is 24.7 Å². The fourth-order valence-corrected chi connectivity index (χ4v) is 4.87. The number of benzene rings is 1. The second kappa shape index (κ2) is 7.65. The molecule has 0 unspecified atom stereocenters. The molecule has 0 bridgehead atoms. The number of sulfonamides is 1. The fraction of sp³-hybridized carbons (Fsp3) is 0.353. The standard InChI is InChI=1S/C17H20N2O4S2/c1-18(13-15-5-3-11-24-15)17(20)14-4-2-6-16(12-14)25(21,22)19-7-9-23-10-8-19/h2-6,11-12H,7-10,13H2,1H3. The number of morpholine rings is 1. The van der Waals surface area contributed by atoms with Crippen LogP contribution in [0.5, 0.6) is 0 Å². The number of thiophene rings is 1. The number of rotatable bonds is 5. The van der Waals surface area contributed by atoms with Gasteiger partial charge in [-0.25, -0.2) is 8.42 Å². The second-order valence-electron chi connectivity index (χ2n) is 5.78. The van der Waals surface area contributed by atoms with Crippen molar-refractivity contribution in [1.82, 2.24) is 9.21 Å². The molecule has 1 amide bonds. The van der Waals surface area contributed by atoms with E-state index in [1.54, 1.807) is 35.4 Å². The molecule has 0 atom stereocenters. The molecular weight excluding hydrogens is 360 g/mol. The average molecular weight is 380 g/mol. The molecule has 0 radical (unpaired) electrons. The Balaban J connectivity index is 1.79. The van der Waals surface area contributed by atoms with Crippen molar-refractivity contribution in [2.24, 2.45) is 0 Å². The SMILES string of the molecule is CN(Cc1cccs1)C(=O)c1cccc(S(=O)(=O)N2CCOCC2)c1. The van der Waals surface area contributed by atoms with Crippen LogP contribution in [0.25, 0.3) is 0 Å². The summed E-state index contributed by atoms with van der Waals surface area (Å²) in [6.07, 6.45) is 0. The lowest BCUT2D eigenvalue weighted by molar-refractivity contribution is 0.0730. The minimum absolute atomic E-state index is 0.143. The van der Waals surface area contributed by atoms with Crippen LogP contribution in [-0.2, 0) is 21.3 Å². The van der Waals surface area contributed by atoms with E-state index in [-0.39, 0.29) is 10.8 Å². The van der Waals surface area contributed by atoms with E-state index >= 15 is 0 Å². The van der Waals surface area contributed by atoms with Gasteiger partial charge in [-0.2, -0.15) is 4.31 Å². The average Bonchev–Trinajstić information content (AvgIpc) is 3.15. The Kier molecular flexibility index (Phi) is 5.53. The number of carbonyl (C=O) groups is 1. The van der Waals surface area contributed by atoms with Gasteiger partial charge in [0.2, 0.25) is 10.0 Å². The Morgan fingerprint density at radius 2 is 2.00 bits per heavy atom. The van der Waals surface area contributed by atoms with Crippen molar-refractivity contribution >= 4 is 27.3 Å². The Labute approximate surface area is 151 Å². The van der Waals surface area contributed by atoms with Crippen LogP contribution < -0.4 is 0 Å². The Bertz CT molecular complexity index is 828. The van der Waals surface area contributed by atoms with E-state index in [0.717, 1.165) is 4.88 Å². The van der Waals surface area contributed by atoms with E-state index in [4.69, 9.17) is 4.74 Å². The summed E-state index contributed by atoms with van der Waals surface area (Å²) in [4.78, 5) is 15.4. The molecular formula is C17H20N2O4S2. The Morgan fingerprint density at radius 1 is 1.24 bits per heavy atom. The predicted octanol–water partition coefficient (Wildman–Crippen LogP) is 2.04. The molecule has 6 nitrogen and oxygen atoms in total. The molecule has 1 saturated heterocycles. The van der Waals surface area contributed by atoms with Crippen LogP contribution in [0.2, 0.25) is 0 Å². The highest BCUT2D eigenvalue weighted by atomic mass is 32.2. The van der Waals surface area contributed by atoms with Crippen molar-refractivity contribution in [3.8, 4) is 0 Å². The first kappa shape index (κ1) is 18.1. The maximum absolute atomic E-state index is 12.7. The number of carbonyl (C=O) groups excluding carboxylic acids is 1. The number of amides is 1. The monoisotopic (exact) mass is 380 g/mol. The summed E-state index contributed by atoms with van der Waals surface area (Å²) in [5.74, 6) is -0.201. The molecule has 0 spiro atoms. The molecule has 0 saturated carbocycles. The van der Waals surface area contributed by atoms with Crippen molar-refractivity contribution in [2.75, 3.05) is 33.4 Å². The van der Waals surface area contributed by atoms with Crippen molar-refractivity contribution in [3.05, 3.63) is 52.2 Å². The summed E-state index contributed by atoms with van der Waals surface area (Å²) in [6.45, 7) is 1.94. The predicted molar refractivity (Wildman–Crippen MR) is 96.1 cm³/mol. The largest absolute Gasteiger partial charge is 0.379 e. The molecule has 1 aromatic heterocycles. The van der Waals surface area contributed by atoms with Crippen molar-refractivity contribution in [2.45, 2.75) is 11.4 Å². The van der Waals surface area contributed by atoms with E-state index < -0.39 is 10.0 Å². The van der Waals surface area contributed by atoms with Gasteiger partial charge < -0.3 is 9.64 Å². The smallest absolute Gasteiger partial charge is 0.253 e. The van der Waals surface area contributed by atoms with Crippen molar-refractivity contribution in [1.29, 1.82) is 0 Å². The maximum atomic E-state index is 12.7. The van der Waals surface area contributed by atoms with E-state index in [9.17, 15) is 13.2 Å². The molecule has 0 aliphatic carbocycles. The van der Waals surface area contributed by atoms with Crippen LogP contribution in [0, 0.1) is 0 Å². The molecule has 25 heavy (non-hydrogen) atoms. The third kappa shape index (κ3) is 4.09. The van der Waals surface area contributed by atoms with Crippen molar-refractivity contribution < 1.29 is 17.9 Å². The summed E-state index contributed by atoms with van der Waals surface area (Å²) in [6, 6.07) is 10.1. The molecule has 1 aromatic carbocycles. The minimum Gasteiger partial charge on any atom is -0.379 e. The highest BCUT2D eigenvalue weighted by molar-refractivity contribution is 7.89. The molecule has 1 fully saturated rings. The second-order valence-corrected chi connectivity index (χ2v) is 8.76. The van der Waals surface area contributed by atoms with Gasteiger partial charge in [0.1, 0.15) is 0 Å². The van der Waals surface area contributed by atoms with Gasteiger partial charge in [0, 0.05) is 30.6 Å².